The number of methoxy groups -OCH3 is 1. The number of nitrogens with zero attached hydrogens (tertiary/aromatic N) is 2. The molecule has 1 amide bonds. The van der Waals surface area contributed by atoms with Crippen LogP contribution >= 0.6 is 11.3 Å². The van der Waals surface area contributed by atoms with Crippen LogP contribution in [0.4, 0.5) is 5.69 Å². The molecule has 1 N–H and O–H groups in total. The van der Waals surface area contributed by atoms with Crippen LogP contribution in [0.15, 0.2) is 12.1 Å². The first-order valence-corrected chi connectivity index (χ1v) is 10.9. The number of hydrogen-bond donors (Lipinski definition) is 1. The van der Waals surface area contributed by atoms with E-state index in [1.807, 2.05) is 12.1 Å². The molecule has 6 nitrogen and oxygen atoms in total. The lowest BCUT2D eigenvalue weighted by Crippen LogP contribution is -2.25. The molecule has 0 atom stereocenters. The number of thiophene rings is 1. The molecule has 7 heteroatoms. The standard InChI is InChI=1S/C21H29N3O3S/c1-4-24(5-2)13-15-11-12-16-17(18(21(26)27-3)28-20(16)22-15)23-19(25)14-9-7-6-8-10-14/h11-12,14H,4-10,13H2,1-3H3,(H,23,25). The quantitative estimate of drug-likeness (QED) is 0.692. The Kier molecular flexibility index (Phi) is 7.02. The smallest absolute Gasteiger partial charge is 0.350 e. The van der Waals surface area contributed by atoms with Crippen molar-refractivity contribution in [2.45, 2.75) is 52.5 Å². The predicted molar refractivity (Wildman–Crippen MR) is 113 cm³/mol. The average Bonchev–Trinajstić information content (AvgIpc) is 3.09. The maximum atomic E-state index is 12.8. The van der Waals surface area contributed by atoms with E-state index in [2.05, 4.69) is 24.1 Å². The van der Waals surface area contributed by atoms with Crippen LogP contribution in [0.2, 0.25) is 0 Å². The summed E-state index contributed by atoms with van der Waals surface area (Å²) >= 11 is 1.28. The number of rotatable bonds is 7. The molecule has 0 bridgehead atoms. The molecule has 1 aliphatic rings. The van der Waals surface area contributed by atoms with Crippen molar-refractivity contribution in [2.75, 3.05) is 25.5 Å². The Balaban J connectivity index is 1.92. The van der Waals surface area contributed by atoms with Crippen molar-refractivity contribution in [1.82, 2.24) is 9.88 Å². The highest BCUT2D eigenvalue weighted by Gasteiger charge is 2.26. The first-order valence-electron chi connectivity index (χ1n) is 10.1. The molecule has 3 rings (SSSR count). The zero-order valence-electron chi connectivity index (χ0n) is 16.9. The fourth-order valence-electron chi connectivity index (χ4n) is 3.73. The monoisotopic (exact) mass is 403 g/mol. The summed E-state index contributed by atoms with van der Waals surface area (Å²) in [7, 11) is 1.36. The Morgan fingerprint density at radius 2 is 1.93 bits per heavy atom. The van der Waals surface area contributed by atoms with E-state index in [1.54, 1.807) is 0 Å². The van der Waals surface area contributed by atoms with E-state index in [0.29, 0.717) is 10.6 Å². The number of aromatic nitrogens is 1. The summed E-state index contributed by atoms with van der Waals surface area (Å²) in [5.41, 5.74) is 1.50. The zero-order chi connectivity index (χ0) is 20.1. The number of carbonyl (C=O) groups excluding carboxylic acids is 2. The second kappa shape index (κ2) is 9.47. The van der Waals surface area contributed by atoms with Crippen LogP contribution in [-0.2, 0) is 16.1 Å². The third-order valence-electron chi connectivity index (χ3n) is 5.49. The van der Waals surface area contributed by atoms with Crippen molar-refractivity contribution in [2.24, 2.45) is 5.92 Å². The van der Waals surface area contributed by atoms with Crippen LogP contribution in [-0.4, -0.2) is 42.0 Å². The highest BCUT2D eigenvalue weighted by Crippen LogP contribution is 2.36. The van der Waals surface area contributed by atoms with E-state index in [-0.39, 0.29) is 11.8 Å². The lowest BCUT2D eigenvalue weighted by molar-refractivity contribution is -0.120. The second-order valence-electron chi connectivity index (χ2n) is 7.24. The van der Waals surface area contributed by atoms with E-state index in [1.165, 1.54) is 24.9 Å². The molecule has 2 heterocycles. The van der Waals surface area contributed by atoms with Crippen molar-refractivity contribution >= 4 is 39.1 Å². The summed E-state index contributed by atoms with van der Waals surface area (Å²) in [6.07, 6.45) is 5.18. The number of carbonyl (C=O) groups is 2. The minimum atomic E-state index is -0.438. The van der Waals surface area contributed by atoms with E-state index in [9.17, 15) is 9.59 Å². The molecule has 0 radical (unpaired) electrons. The number of esters is 1. The summed E-state index contributed by atoms with van der Waals surface area (Å²) in [5, 5.41) is 3.82. The van der Waals surface area contributed by atoms with Gasteiger partial charge in [0.25, 0.3) is 0 Å². The lowest BCUT2D eigenvalue weighted by Gasteiger charge is -2.21. The molecule has 152 valence electrons. The Hall–Kier alpha value is -1.99. The van der Waals surface area contributed by atoms with Gasteiger partial charge in [-0.2, -0.15) is 0 Å². The highest BCUT2D eigenvalue weighted by atomic mass is 32.1. The van der Waals surface area contributed by atoms with E-state index >= 15 is 0 Å². The van der Waals surface area contributed by atoms with Gasteiger partial charge in [0.15, 0.2) is 0 Å². The van der Waals surface area contributed by atoms with Gasteiger partial charge in [0.05, 0.1) is 18.5 Å². The SMILES string of the molecule is CCN(CC)Cc1ccc2c(NC(=O)C3CCCCC3)c(C(=O)OC)sc2n1. The topological polar surface area (TPSA) is 71.5 Å². The highest BCUT2D eigenvalue weighted by molar-refractivity contribution is 7.21. The Labute approximate surface area is 170 Å². The second-order valence-corrected chi connectivity index (χ2v) is 8.24. The van der Waals surface area contributed by atoms with Crippen molar-refractivity contribution in [3.63, 3.8) is 0 Å². The number of hydrogen-bond acceptors (Lipinski definition) is 6. The van der Waals surface area contributed by atoms with Gasteiger partial charge in [0, 0.05) is 17.8 Å². The molecule has 1 saturated carbocycles. The van der Waals surface area contributed by atoms with Crippen molar-refractivity contribution < 1.29 is 14.3 Å². The molecule has 0 aliphatic heterocycles. The third-order valence-corrected chi connectivity index (χ3v) is 6.57. The maximum Gasteiger partial charge on any atom is 0.350 e. The molecule has 0 unspecified atom stereocenters. The minimum Gasteiger partial charge on any atom is -0.465 e. The fraction of sp³-hybridized carbons (Fsp3) is 0.571. The normalized spacial score (nSPS) is 15.1. The molecular formula is C21H29N3O3S. The summed E-state index contributed by atoms with van der Waals surface area (Å²) < 4.78 is 4.95. The van der Waals surface area contributed by atoms with Crippen LogP contribution in [0.3, 0.4) is 0 Å². The summed E-state index contributed by atoms with van der Waals surface area (Å²) in [6.45, 7) is 6.93. The Bertz CT molecular complexity index is 839. The molecule has 28 heavy (non-hydrogen) atoms. The number of fused-ring (bicyclic) bond motifs is 1. The molecular weight excluding hydrogens is 374 g/mol. The Morgan fingerprint density at radius 3 is 2.57 bits per heavy atom. The van der Waals surface area contributed by atoms with Crippen LogP contribution in [0.25, 0.3) is 10.2 Å². The van der Waals surface area contributed by atoms with E-state index in [0.717, 1.165) is 61.2 Å². The van der Waals surface area contributed by atoms with Crippen molar-refractivity contribution in [3.8, 4) is 0 Å². The van der Waals surface area contributed by atoms with Gasteiger partial charge in [-0.1, -0.05) is 33.1 Å². The van der Waals surface area contributed by atoms with Gasteiger partial charge in [-0.25, -0.2) is 9.78 Å². The third kappa shape index (κ3) is 4.52. The van der Waals surface area contributed by atoms with Crippen LogP contribution in [0.1, 0.15) is 61.3 Å². The van der Waals surface area contributed by atoms with Crippen molar-refractivity contribution in [3.05, 3.63) is 22.7 Å². The largest absolute Gasteiger partial charge is 0.465 e. The summed E-state index contributed by atoms with van der Waals surface area (Å²) in [5.74, 6) is -0.423. The first kappa shape index (κ1) is 20.7. The van der Waals surface area contributed by atoms with Gasteiger partial charge in [0.2, 0.25) is 5.91 Å². The molecule has 1 fully saturated rings. The van der Waals surface area contributed by atoms with Gasteiger partial charge >= 0.3 is 5.97 Å². The van der Waals surface area contributed by atoms with Gasteiger partial charge in [0.1, 0.15) is 9.71 Å². The van der Waals surface area contributed by atoms with E-state index in [4.69, 9.17) is 9.72 Å². The molecule has 2 aromatic rings. The number of anilines is 1. The van der Waals surface area contributed by atoms with Crippen LogP contribution in [0, 0.1) is 5.92 Å². The average molecular weight is 404 g/mol. The van der Waals surface area contributed by atoms with Crippen molar-refractivity contribution in [1.29, 1.82) is 0 Å². The van der Waals surface area contributed by atoms with Gasteiger partial charge in [-0.15, -0.1) is 11.3 Å². The molecule has 2 aromatic heterocycles. The number of amides is 1. The van der Waals surface area contributed by atoms with Crippen LogP contribution < -0.4 is 5.32 Å². The summed E-state index contributed by atoms with van der Waals surface area (Å²) in [6, 6.07) is 3.94. The zero-order valence-corrected chi connectivity index (χ0v) is 17.7. The maximum absolute atomic E-state index is 12.8. The molecule has 0 spiro atoms. The fourth-order valence-corrected chi connectivity index (χ4v) is 4.80. The molecule has 0 aromatic carbocycles. The van der Waals surface area contributed by atoms with Gasteiger partial charge < -0.3 is 10.1 Å². The minimum absolute atomic E-state index is 0.00299. The van der Waals surface area contributed by atoms with E-state index < -0.39 is 5.97 Å². The number of ether oxygens (including phenoxy) is 1. The van der Waals surface area contributed by atoms with Crippen LogP contribution in [0.5, 0.6) is 0 Å². The van der Waals surface area contributed by atoms with Gasteiger partial charge in [-0.05, 0) is 38.1 Å². The first-order chi connectivity index (χ1) is 13.6. The van der Waals surface area contributed by atoms with Gasteiger partial charge in [-0.3, -0.25) is 9.69 Å². The summed E-state index contributed by atoms with van der Waals surface area (Å²) in [4.78, 5) is 33.3. The Morgan fingerprint density at radius 1 is 1.21 bits per heavy atom. The molecule has 0 saturated heterocycles. The number of nitrogens with one attached hydrogen (secondary N) is 1. The number of pyridine rings is 1. The predicted octanol–water partition coefficient (Wildman–Crippen LogP) is 4.44. The lowest BCUT2D eigenvalue weighted by atomic mass is 9.88. The molecule has 1 aliphatic carbocycles.